The second kappa shape index (κ2) is 8.92. The average molecular weight is 324 g/mol. The Labute approximate surface area is 137 Å². The van der Waals surface area contributed by atoms with E-state index in [1.54, 1.807) is 0 Å². The lowest BCUT2D eigenvalue weighted by molar-refractivity contribution is 0.372. The monoisotopic (exact) mass is 324 g/mol. The van der Waals surface area contributed by atoms with E-state index in [4.69, 9.17) is 0 Å². The van der Waals surface area contributed by atoms with Gasteiger partial charge in [0.2, 0.25) is 5.13 Å². The fourth-order valence-electron chi connectivity index (χ4n) is 2.53. The number of nitrogens with one attached hydrogen (secondary N) is 1. The topological polar surface area (TPSA) is 56.7 Å². The number of unbranched alkanes of at least 4 members (excludes halogenated alkanes) is 2. The summed E-state index contributed by atoms with van der Waals surface area (Å²) in [6, 6.07) is 0. The Kier molecular flexibility index (Phi) is 6.89. The molecule has 0 radical (unpaired) electrons. The molecule has 0 atom stereocenters. The second-order valence-electron chi connectivity index (χ2n) is 5.50. The van der Waals surface area contributed by atoms with Crippen molar-refractivity contribution in [3.05, 3.63) is 5.82 Å². The molecule has 1 fully saturated rings. The van der Waals surface area contributed by atoms with Crippen LogP contribution in [0.15, 0.2) is 4.99 Å². The molecule has 1 aliphatic rings. The summed E-state index contributed by atoms with van der Waals surface area (Å²) >= 11 is 1.52. The molecule has 22 heavy (non-hydrogen) atoms. The van der Waals surface area contributed by atoms with Crippen molar-refractivity contribution >= 4 is 22.6 Å². The number of aromatic nitrogens is 2. The third-order valence-electron chi connectivity index (χ3n) is 3.90. The SMILES string of the molecule is CCCCCNC(=NC)N1CCN(c2nc(CC)ns2)CC1. The van der Waals surface area contributed by atoms with Crippen molar-refractivity contribution in [2.24, 2.45) is 4.99 Å². The lowest BCUT2D eigenvalue weighted by Gasteiger charge is -2.36. The van der Waals surface area contributed by atoms with Gasteiger partial charge in [-0.1, -0.05) is 26.7 Å². The van der Waals surface area contributed by atoms with Gasteiger partial charge in [-0.2, -0.15) is 4.37 Å². The molecule has 6 nitrogen and oxygen atoms in total. The summed E-state index contributed by atoms with van der Waals surface area (Å²) in [6.07, 6.45) is 4.64. The molecule has 1 aromatic rings. The van der Waals surface area contributed by atoms with Crippen LogP contribution in [-0.4, -0.2) is 60.0 Å². The Morgan fingerprint density at radius 2 is 2.00 bits per heavy atom. The van der Waals surface area contributed by atoms with E-state index in [1.807, 2.05) is 7.05 Å². The van der Waals surface area contributed by atoms with E-state index in [0.717, 1.165) is 56.1 Å². The maximum absolute atomic E-state index is 4.58. The van der Waals surface area contributed by atoms with Gasteiger partial charge < -0.3 is 15.1 Å². The molecule has 0 amide bonds. The van der Waals surface area contributed by atoms with Gasteiger partial charge in [-0.05, 0) is 6.42 Å². The summed E-state index contributed by atoms with van der Waals surface area (Å²) in [7, 11) is 1.87. The van der Waals surface area contributed by atoms with Crippen LogP contribution < -0.4 is 10.2 Å². The first-order valence-electron chi connectivity index (χ1n) is 8.31. The Hall–Kier alpha value is -1.37. The second-order valence-corrected chi connectivity index (χ2v) is 6.23. The summed E-state index contributed by atoms with van der Waals surface area (Å²) in [6.45, 7) is 9.26. The van der Waals surface area contributed by atoms with E-state index >= 15 is 0 Å². The van der Waals surface area contributed by atoms with Crippen LogP contribution in [0.1, 0.15) is 38.9 Å². The maximum atomic E-state index is 4.58. The van der Waals surface area contributed by atoms with Gasteiger partial charge in [0.1, 0.15) is 5.82 Å². The average Bonchev–Trinajstić information content (AvgIpc) is 3.04. The fraction of sp³-hybridized carbons (Fsp3) is 0.800. The van der Waals surface area contributed by atoms with E-state index in [9.17, 15) is 0 Å². The smallest absolute Gasteiger partial charge is 0.205 e. The highest BCUT2D eigenvalue weighted by atomic mass is 32.1. The summed E-state index contributed by atoms with van der Waals surface area (Å²) in [5.74, 6) is 1.98. The van der Waals surface area contributed by atoms with E-state index in [-0.39, 0.29) is 0 Å². The lowest BCUT2D eigenvalue weighted by Crippen LogP contribution is -2.52. The van der Waals surface area contributed by atoms with Gasteiger partial charge in [0.25, 0.3) is 0 Å². The number of hydrogen-bond donors (Lipinski definition) is 1. The number of anilines is 1. The lowest BCUT2D eigenvalue weighted by atomic mass is 10.2. The van der Waals surface area contributed by atoms with Crippen LogP contribution in [-0.2, 0) is 6.42 Å². The Bertz CT molecular complexity index is 464. The van der Waals surface area contributed by atoms with Gasteiger partial charge in [-0.15, -0.1) is 0 Å². The molecular formula is C15H28N6S. The third kappa shape index (κ3) is 4.56. The van der Waals surface area contributed by atoms with Crippen molar-refractivity contribution in [3.63, 3.8) is 0 Å². The van der Waals surface area contributed by atoms with Crippen LogP contribution >= 0.6 is 11.5 Å². The number of nitrogens with zero attached hydrogens (tertiary/aromatic N) is 5. The number of hydrogen-bond acceptors (Lipinski definition) is 5. The normalized spacial score (nSPS) is 16.2. The summed E-state index contributed by atoms with van der Waals surface area (Å²) in [5.41, 5.74) is 0. The molecule has 1 aromatic heterocycles. The number of aliphatic imine (C=N–C) groups is 1. The fourth-order valence-corrected chi connectivity index (χ4v) is 3.33. The largest absolute Gasteiger partial charge is 0.356 e. The van der Waals surface area contributed by atoms with Gasteiger partial charge in [0.15, 0.2) is 5.96 Å². The van der Waals surface area contributed by atoms with E-state index in [0.29, 0.717) is 0 Å². The van der Waals surface area contributed by atoms with Gasteiger partial charge in [0, 0.05) is 57.7 Å². The van der Waals surface area contributed by atoms with Crippen molar-refractivity contribution in [1.29, 1.82) is 0 Å². The first kappa shape index (κ1) is 17.0. The van der Waals surface area contributed by atoms with Crippen molar-refractivity contribution in [2.75, 3.05) is 44.7 Å². The summed E-state index contributed by atoms with van der Waals surface area (Å²) in [4.78, 5) is 13.7. The molecule has 7 heteroatoms. The molecule has 1 saturated heterocycles. The van der Waals surface area contributed by atoms with Crippen LogP contribution in [0.3, 0.4) is 0 Å². The minimum Gasteiger partial charge on any atom is -0.356 e. The quantitative estimate of drug-likeness (QED) is 0.493. The molecule has 0 saturated carbocycles. The van der Waals surface area contributed by atoms with Gasteiger partial charge in [-0.3, -0.25) is 4.99 Å². The first-order chi connectivity index (χ1) is 10.8. The van der Waals surface area contributed by atoms with Crippen LogP contribution in [0.2, 0.25) is 0 Å². The molecule has 124 valence electrons. The molecule has 2 heterocycles. The highest BCUT2D eigenvalue weighted by molar-refractivity contribution is 7.09. The molecule has 0 aliphatic carbocycles. The third-order valence-corrected chi connectivity index (χ3v) is 4.71. The molecule has 1 N–H and O–H groups in total. The predicted octanol–water partition coefficient (Wildman–Crippen LogP) is 1.99. The van der Waals surface area contributed by atoms with Crippen LogP contribution in [0.25, 0.3) is 0 Å². The van der Waals surface area contributed by atoms with Crippen molar-refractivity contribution in [1.82, 2.24) is 19.6 Å². The number of aryl methyl sites for hydroxylation is 1. The van der Waals surface area contributed by atoms with Gasteiger partial charge in [0.05, 0.1) is 0 Å². The molecular weight excluding hydrogens is 296 g/mol. The van der Waals surface area contributed by atoms with Gasteiger partial charge in [-0.25, -0.2) is 4.98 Å². The Balaban J connectivity index is 1.80. The zero-order chi connectivity index (χ0) is 15.8. The summed E-state index contributed by atoms with van der Waals surface area (Å²) in [5, 5.41) is 4.53. The molecule has 0 spiro atoms. The van der Waals surface area contributed by atoms with Crippen molar-refractivity contribution in [2.45, 2.75) is 39.5 Å². The van der Waals surface area contributed by atoms with Crippen LogP contribution in [0.5, 0.6) is 0 Å². The van der Waals surface area contributed by atoms with Crippen LogP contribution in [0, 0.1) is 0 Å². The van der Waals surface area contributed by atoms with E-state index in [1.165, 1.54) is 30.8 Å². The standard InChI is InChI=1S/C15H28N6S/c1-4-6-7-8-17-14(16-3)20-9-11-21(12-10-20)15-18-13(5-2)19-22-15/h4-12H2,1-3H3,(H,16,17). The number of rotatable bonds is 6. The highest BCUT2D eigenvalue weighted by Crippen LogP contribution is 2.19. The summed E-state index contributed by atoms with van der Waals surface area (Å²) < 4.78 is 4.38. The van der Waals surface area contributed by atoms with E-state index in [2.05, 4.69) is 43.3 Å². The van der Waals surface area contributed by atoms with Crippen LogP contribution in [0.4, 0.5) is 5.13 Å². The Morgan fingerprint density at radius 3 is 2.59 bits per heavy atom. The predicted molar refractivity (Wildman–Crippen MR) is 94.0 cm³/mol. The molecule has 0 bridgehead atoms. The minimum atomic E-state index is 0.908. The zero-order valence-electron chi connectivity index (χ0n) is 14.0. The van der Waals surface area contributed by atoms with Gasteiger partial charge >= 0.3 is 0 Å². The van der Waals surface area contributed by atoms with Crippen molar-refractivity contribution < 1.29 is 0 Å². The molecule has 1 aliphatic heterocycles. The van der Waals surface area contributed by atoms with Crippen molar-refractivity contribution in [3.8, 4) is 0 Å². The first-order valence-corrected chi connectivity index (χ1v) is 9.09. The number of guanidine groups is 1. The maximum Gasteiger partial charge on any atom is 0.205 e. The number of piperazine rings is 1. The Morgan fingerprint density at radius 1 is 1.23 bits per heavy atom. The minimum absolute atomic E-state index is 0.908. The molecule has 2 rings (SSSR count). The molecule has 0 unspecified atom stereocenters. The van der Waals surface area contributed by atoms with E-state index < -0.39 is 0 Å². The zero-order valence-corrected chi connectivity index (χ0v) is 14.8. The highest BCUT2D eigenvalue weighted by Gasteiger charge is 2.21. The molecule has 0 aromatic carbocycles.